The lowest BCUT2D eigenvalue weighted by Crippen LogP contribution is -2.36. The van der Waals surface area contributed by atoms with Crippen molar-refractivity contribution in [2.45, 2.75) is 19.4 Å². The highest BCUT2D eigenvalue weighted by atomic mass is 35.5. The monoisotopic (exact) mass is 395 g/mol. The van der Waals surface area contributed by atoms with Crippen molar-refractivity contribution in [3.63, 3.8) is 0 Å². The Balaban J connectivity index is 1.61. The molecule has 27 heavy (non-hydrogen) atoms. The first-order valence-corrected chi connectivity index (χ1v) is 8.59. The van der Waals surface area contributed by atoms with E-state index in [0.29, 0.717) is 17.2 Å². The Kier molecular flexibility index (Phi) is 5.60. The van der Waals surface area contributed by atoms with E-state index in [1.165, 1.54) is 13.0 Å². The Morgan fingerprint density at radius 2 is 1.96 bits per heavy atom. The van der Waals surface area contributed by atoms with Gasteiger partial charge in [0.25, 0.3) is 5.91 Å². The molecule has 1 aliphatic rings. The van der Waals surface area contributed by atoms with Gasteiger partial charge in [-0.05, 0) is 49.2 Å². The molecule has 1 amide bonds. The number of hydrogen-bond acceptors (Lipinski definition) is 4. The molecular formula is C19H16ClF2NO4. The van der Waals surface area contributed by atoms with E-state index >= 15 is 0 Å². The molecule has 1 aliphatic heterocycles. The van der Waals surface area contributed by atoms with Crippen molar-refractivity contribution in [1.82, 2.24) is 0 Å². The summed E-state index contributed by atoms with van der Waals surface area (Å²) in [5.41, 5.74) is 0.177. The summed E-state index contributed by atoms with van der Waals surface area (Å²) in [4.78, 5) is 24.4. The maximum Gasteiger partial charge on any atom is 0.313 e. The molecule has 0 aliphatic carbocycles. The van der Waals surface area contributed by atoms with Gasteiger partial charge in [-0.15, -0.1) is 0 Å². The topological polar surface area (TPSA) is 64.6 Å². The van der Waals surface area contributed by atoms with Crippen LogP contribution in [-0.4, -0.2) is 24.6 Å². The van der Waals surface area contributed by atoms with Crippen molar-refractivity contribution in [3.8, 4) is 5.75 Å². The number of benzene rings is 2. The molecule has 0 saturated heterocycles. The zero-order valence-corrected chi connectivity index (χ0v) is 15.1. The zero-order valence-electron chi connectivity index (χ0n) is 14.3. The number of fused-ring (bicyclic) bond motifs is 1. The van der Waals surface area contributed by atoms with Gasteiger partial charge < -0.3 is 14.8 Å². The fourth-order valence-corrected chi connectivity index (χ4v) is 2.88. The predicted molar refractivity (Wildman–Crippen MR) is 94.7 cm³/mol. The van der Waals surface area contributed by atoms with Gasteiger partial charge in [0, 0.05) is 5.02 Å². The third-order valence-corrected chi connectivity index (χ3v) is 4.37. The number of halogens is 3. The molecule has 1 heterocycles. The van der Waals surface area contributed by atoms with Gasteiger partial charge in [-0.1, -0.05) is 17.7 Å². The van der Waals surface area contributed by atoms with Gasteiger partial charge in [-0.3, -0.25) is 9.59 Å². The van der Waals surface area contributed by atoms with E-state index in [2.05, 4.69) is 5.32 Å². The number of rotatable bonds is 4. The first-order chi connectivity index (χ1) is 12.8. The average Bonchev–Trinajstić information content (AvgIpc) is 2.63. The van der Waals surface area contributed by atoms with E-state index in [1.807, 2.05) is 0 Å². The first kappa shape index (κ1) is 19.1. The van der Waals surface area contributed by atoms with Crippen LogP contribution >= 0.6 is 11.6 Å². The van der Waals surface area contributed by atoms with Crippen LogP contribution < -0.4 is 10.1 Å². The number of anilines is 1. The van der Waals surface area contributed by atoms with Gasteiger partial charge in [-0.2, -0.15) is 0 Å². The van der Waals surface area contributed by atoms with Gasteiger partial charge in [0.05, 0.1) is 5.92 Å². The molecule has 0 saturated carbocycles. The summed E-state index contributed by atoms with van der Waals surface area (Å²) in [5, 5.41) is 2.61. The molecule has 2 aromatic carbocycles. The van der Waals surface area contributed by atoms with E-state index in [4.69, 9.17) is 21.1 Å². The molecule has 5 nitrogen and oxygen atoms in total. The number of esters is 1. The Morgan fingerprint density at radius 1 is 1.26 bits per heavy atom. The molecule has 8 heteroatoms. The van der Waals surface area contributed by atoms with E-state index in [0.717, 1.165) is 17.7 Å². The Labute approximate surface area is 159 Å². The van der Waals surface area contributed by atoms with Crippen molar-refractivity contribution in [3.05, 3.63) is 58.6 Å². The maximum atomic E-state index is 13.6. The number of hydrogen-bond donors (Lipinski definition) is 1. The highest BCUT2D eigenvalue weighted by molar-refractivity contribution is 6.30. The van der Waals surface area contributed by atoms with Crippen LogP contribution in [0.2, 0.25) is 5.02 Å². The molecule has 142 valence electrons. The third-order valence-electron chi connectivity index (χ3n) is 4.14. The molecule has 0 aromatic heterocycles. The summed E-state index contributed by atoms with van der Waals surface area (Å²) < 4.78 is 37.9. The lowest BCUT2D eigenvalue weighted by atomic mass is 9.97. The number of para-hydroxylation sites is 1. The molecule has 1 N–H and O–H groups in total. The summed E-state index contributed by atoms with van der Waals surface area (Å²) in [7, 11) is 0. The zero-order chi connectivity index (χ0) is 19.6. The van der Waals surface area contributed by atoms with E-state index < -0.39 is 41.2 Å². The molecular weight excluding hydrogens is 380 g/mol. The third kappa shape index (κ3) is 4.36. The maximum absolute atomic E-state index is 13.6. The Hall–Kier alpha value is -2.67. The average molecular weight is 396 g/mol. The van der Waals surface area contributed by atoms with Crippen molar-refractivity contribution in [2.24, 2.45) is 5.92 Å². The Morgan fingerprint density at radius 3 is 2.67 bits per heavy atom. The Bertz CT molecular complexity index is 870. The van der Waals surface area contributed by atoms with Gasteiger partial charge in [0.15, 0.2) is 6.10 Å². The van der Waals surface area contributed by atoms with E-state index in [1.54, 1.807) is 18.2 Å². The fourth-order valence-electron chi connectivity index (χ4n) is 2.68. The van der Waals surface area contributed by atoms with Crippen LogP contribution in [0.3, 0.4) is 0 Å². The molecule has 0 fully saturated rings. The van der Waals surface area contributed by atoms with Crippen LogP contribution in [0.1, 0.15) is 12.5 Å². The van der Waals surface area contributed by atoms with Crippen molar-refractivity contribution in [2.75, 3.05) is 11.9 Å². The second kappa shape index (κ2) is 7.92. The molecule has 0 bridgehead atoms. The highest BCUT2D eigenvalue weighted by Crippen LogP contribution is 2.30. The predicted octanol–water partition coefficient (Wildman–Crippen LogP) is 3.74. The second-order valence-corrected chi connectivity index (χ2v) is 6.57. The number of amides is 1. The summed E-state index contributed by atoms with van der Waals surface area (Å²) in [6.45, 7) is 1.42. The molecule has 0 radical (unpaired) electrons. The number of ether oxygens (including phenoxy) is 2. The smallest absolute Gasteiger partial charge is 0.313 e. The molecule has 3 rings (SSSR count). The van der Waals surface area contributed by atoms with Crippen LogP contribution in [0.15, 0.2) is 36.4 Å². The van der Waals surface area contributed by atoms with E-state index in [9.17, 15) is 18.4 Å². The van der Waals surface area contributed by atoms with Crippen LogP contribution in [0.5, 0.6) is 5.75 Å². The van der Waals surface area contributed by atoms with Gasteiger partial charge in [0.2, 0.25) is 0 Å². The summed E-state index contributed by atoms with van der Waals surface area (Å²) in [6, 6.07) is 8.31. The largest absolute Gasteiger partial charge is 0.492 e. The minimum absolute atomic E-state index is 0.101. The molecule has 2 atom stereocenters. The second-order valence-electron chi connectivity index (χ2n) is 6.13. The van der Waals surface area contributed by atoms with Crippen LogP contribution in [0.4, 0.5) is 14.5 Å². The van der Waals surface area contributed by atoms with Crippen LogP contribution in [0, 0.1) is 17.6 Å². The number of carbonyl (C=O) groups excluding carboxylic acids is 2. The highest BCUT2D eigenvalue weighted by Gasteiger charge is 2.30. The lowest BCUT2D eigenvalue weighted by molar-refractivity contribution is -0.158. The number of carbonyl (C=O) groups is 2. The molecule has 2 aromatic rings. The van der Waals surface area contributed by atoms with Crippen molar-refractivity contribution < 1.29 is 27.8 Å². The lowest BCUT2D eigenvalue weighted by Gasteiger charge is -2.25. The summed E-state index contributed by atoms with van der Waals surface area (Å²) in [5.74, 6) is -3.29. The summed E-state index contributed by atoms with van der Waals surface area (Å²) >= 11 is 5.95. The van der Waals surface area contributed by atoms with Gasteiger partial charge in [0.1, 0.15) is 29.7 Å². The standard InChI is InChI=1S/C19H16ClF2NO4/c1-10(18(24)23-17-14(21)3-2-4-15(17)22)27-19(25)12-7-11-8-13(20)5-6-16(11)26-9-12/h2-6,8,10,12H,7,9H2,1H3,(H,23,24)/t10-,12-/m0/s1. The van der Waals surface area contributed by atoms with Crippen LogP contribution in [0.25, 0.3) is 0 Å². The normalized spacial score (nSPS) is 16.7. The SMILES string of the molecule is C[C@H](OC(=O)[C@@H]1COc2ccc(Cl)cc2C1)C(=O)Nc1c(F)cccc1F. The first-order valence-electron chi connectivity index (χ1n) is 8.21. The van der Waals surface area contributed by atoms with Gasteiger partial charge in [-0.25, -0.2) is 8.78 Å². The van der Waals surface area contributed by atoms with Crippen molar-refractivity contribution >= 4 is 29.2 Å². The number of nitrogens with one attached hydrogen (secondary N) is 1. The minimum Gasteiger partial charge on any atom is -0.492 e. The minimum atomic E-state index is -1.24. The fraction of sp³-hybridized carbons (Fsp3) is 0.263. The molecule has 0 unspecified atom stereocenters. The molecule has 0 spiro atoms. The van der Waals surface area contributed by atoms with E-state index in [-0.39, 0.29) is 6.61 Å². The van der Waals surface area contributed by atoms with Gasteiger partial charge >= 0.3 is 5.97 Å². The summed E-state index contributed by atoms with van der Waals surface area (Å²) in [6.07, 6.45) is -0.886. The quantitative estimate of drug-likeness (QED) is 0.801. The van der Waals surface area contributed by atoms with Crippen LogP contribution in [-0.2, 0) is 20.7 Å². The van der Waals surface area contributed by atoms with Crippen molar-refractivity contribution in [1.29, 1.82) is 0 Å².